The van der Waals surface area contributed by atoms with Gasteiger partial charge in [-0.05, 0) is 125 Å². The fourth-order valence-electron chi connectivity index (χ4n) is 13.9. The number of hydrogen-bond acceptors (Lipinski definition) is 21. The third-order valence-corrected chi connectivity index (χ3v) is 20.7. The zero-order chi connectivity index (χ0) is 72.6. The first-order valence-electron chi connectivity index (χ1n) is 35.0. The van der Waals surface area contributed by atoms with Crippen LogP contribution in [0.1, 0.15) is 89.5 Å². The molecule has 3 fully saturated rings. The molecule has 4 N–H and O–H groups in total. The van der Waals surface area contributed by atoms with Gasteiger partial charge in [0.15, 0.2) is 22.5 Å². The Morgan fingerprint density at radius 3 is 1.33 bits per heavy atom. The molecule has 0 bridgehead atoms. The van der Waals surface area contributed by atoms with Crippen LogP contribution < -0.4 is 20.7 Å². The van der Waals surface area contributed by atoms with E-state index in [1.54, 1.807) is 43.5 Å². The molecule has 2 atom stereocenters. The molecule has 0 saturated heterocycles. The Kier molecular flexibility index (Phi) is 21.9. The largest absolute Gasteiger partial charge is 0.369 e. The highest BCUT2D eigenvalue weighted by molar-refractivity contribution is 7.88. The number of rotatable bonds is 22. The summed E-state index contributed by atoms with van der Waals surface area (Å²) in [6.45, 7) is 5.90. The number of ketones is 2. The van der Waals surface area contributed by atoms with E-state index in [1.807, 2.05) is 159 Å². The number of sulfonamides is 1. The maximum atomic E-state index is 11.8. The zero-order valence-corrected chi connectivity index (χ0v) is 61.5. The maximum absolute atomic E-state index is 11.8. The third-order valence-electron chi connectivity index (χ3n) is 19.1. The van der Waals surface area contributed by atoms with Gasteiger partial charge in [-0.2, -0.15) is 25.5 Å². The van der Waals surface area contributed by atoms with Crippen molar-refractivity contribution >= 4 is 50.4 Å². The molecule has 26 nitrogen and oxygen atoms in total. The Hall–Kier alpha value is -10.8. The van der Waals surface area contributed by atoms with Gasteiger partial charge in [0, 0.05) is 178 Å². The molecule has 536 valence electrons. The number of aryl methyl sites for hydroxylation is 6. The van der Waals surface area contributed by atoms with Gasteiger partial charge in [-0.25, -0.2) is 43.0 Å². The Bertz CT molecular complexity index is 5110. The average Bonchev–Trinajstić information content (AvgIpc) is 1.31. The number of benzene rings is 3. The molecule has 3 aromatic carbocycles. The molecule has 3 aliphatic carbocycles. The molecule has 3 aliphatic rings. The normalized spacial score (nSPS) is 17.8. The highest BCUT2D eigenvalue weighted by Crippen LogP contribution is 2.39. The second kappa shape index (κ2) is 31.8. The van der Waals surface area contributed by atoms with Gasteiger partial charge in [0.1, 0.15) is 34.0 Å². The first-order valence-corrected chi connectivity index (χ1v) is 37.8. The van der Waals surface area contributed by atoms with E-state index in [-0.39, 0.29) is 23.5 Å². The van der Waals surface area contributed by atoms with Crippen LogP contribution in [-0.2, 0) is 54.9 Å². The average molecular weight is 1440 g/mol. The molecule has 9 aromatic heterocycles. The zero-order valence-electron chi connectivity index (χ0n) is 59.9. The molecule has 0 spiro atoms. The summed E-state index contributed by atoms with van der Waals surface area (Å²) in [6.07, 6.45) is 36.0. The Morgan fingerprint density at radius 1 is 0.481 bits per heavy atom. The lowest BCUT2D eigenvalue weighted by atomic mass is 9.77. The number of nitrogens with one attached hydrogen (secondary N) is 4. The monoisotopic (exact) mass is 1430 g/mol. The van der Waals surface area contributed by atoms with Crippen molar-refractivity contribution in [2.24, 2.45) is 53.0 Å². The molecule has 28 heteroatoms. The van der Waals surface area contributed by atoms with E-state index >= 15 is 0 Å². The van der Waals surface area contributed by atoms with Crippen LogP contribution in [0.3, 0.4) is 0 Å². The number of Topliss-reactive ketones (excluding diaryl/α,β-unsaturated/α-hetero) is 2. The van der Waals surface area contributed by atoms with Crippen LogP contribution in [-0.4, -0.2) is 140 Å². The minimum atomic E-state index is -3.26. The Morgan fingerprint density at radius 2 is 0.894 bits per heavy atom. The quantitative estimate of drug-likeness (QED) is 0.0490. The topological polar surface area (TPSA) is 309 Å². The summed E-state index contributed by atoms with van der Waals surface area (Å²) in [5.74, 6) is 5.87. The summed E-state index contributed by atoms with van der Waals surface area (Å²) < 4.78 is 35.3. The van der Waals surface area contributed by atoms with E-state index in [4.69, 9.17) is 19.9 Å². The molecule has 15 rings (SSSR count). The summed E-state index contributed by atoms with van der Waals surface area (Å²) in [6, 6.07) is 25.0. The van der Waals surface area contributed by atoms with Crippen molar-refractivity contribution in [2.75, 3.05) is 28.8 Å². The summed E-state index contributed by atoms with van der Waals surface area (Å²) in [5.41, 5.74) is 13.6. The van der Waals surface area contributed by atoms with Crippen LogP contribution in [0, 0.1) is 24.7 Å². The number of carbonyl (C=O) groups excluding carboxylic acids is 2. The van der Waals surface area contributed by atoms with Gasteiger partial charge in [0.2, 0.25) is 10.0 Å². The van der Waals surface area contributed by atoms with E-state index in [0.29, 0.717) is 66.6 Å². The lowest BCUT2D eigenvalue weighted by Gasteiger charge is -2.36. The molecule has 0 aliphatic heterocycles. The molecule has 2 unspecified atom stereocenters. The van der Waals surface area contributed by atoms with Gasteiger partial charge in [-0.3, -0.25) is 23.4 Å². The van der Waals surface area contributed by atoms with Gasteiger partial charge in [0.25, 0.3) is 0 Å². The first kappa shape index (κ1) is 71.6. The third kappa shape index (κ3) is 18.1. The van der Waals surface area contributed by atoms with E-state index < -0.39 is 10.0 Å². The molecule has 0 radical (unpaired) electrons. The van der Waals surface area contributed by atoms with Gasteiger partial charge in [-0.15, -0.1) is 10.2 Å². The summed E-state index contributed by atoms with van der Waals surface area (Å²) in [7, 11) is 6.22. The minimum Gasteiger partial charge on any atom is -0.369 e. The molecule has 3 saturated carbocycles. The summed E-state index contributed by atoms with van der Waals surface area (Å²) >= 11 is 1.54. The number of carbonyl (C=O) groups is 2. The van der Waals surface area contributed by atoms with Gasteiger partial charge >= 0.3 is 0 Å². The predicted molar refractivity (Wildman–Crippen MR) is 405 cm³/mol. The highest BCUT2D eigenvalue weighted by Gasteiger charge is 2.33. The fraction of sp³-hybridized carbons (Fsp3) is 0.355. The van der Waals surface area contributed by atoms with Crippen LogP contribution in [0.15, 0.2) is 153 Å². The number of anilines is 3. The SMILES string of the molecule is CC(=O)CC1CC(Nc2nc(-c3cccc(-c4cnn(C)c4)c3)ncc2-c2cnn(C)c2)C1.CC(=O)CC1CCC(Nc2nc(-c3cccc(-c4cnn(C)c4)c3)ncc2-c2nnc(C)s2)CC1.Cn1cc(-c2cccc(-c3ncc(-c4cnn(C)c4)c(NCC4CCCC4NS(C)(=O)=O)n3)c2)cn1. The second-order valence-electron chi connectivity index (χ2n) is 27.7. The van der Waals surface area contributed by atoms with E-state index in [2.05, 4.69) is 96.7 Å². The highest BCUT2D eigenvalue weighted by atomic mass is 32.2. The van der Waals surface area contributed by atoms with E-state index in [1.165, 1.54) is 17.6 Å². The number of hydrogen-bond donors (Lipinski definition) is 4. The fourth-order valence-corrected chi connectivity index (χ4v) is 15.5. The van der Waals surface area contributed by atoms with Crippen LogP contribution in [0.5, 0.6) is 0 Å². The maximum Gasteiger partial charge on any atom is 0.208 e. The standard InChI is InChI=1S/C26H29N7OS.C25H30N8O2S.C25H27N7O/c1-16(34)11-18-7-9-22(10-8-18)29-25-23(26-32-31-17(2)35-26)14-27-24(30-25)20-6-4-5-19(12-20)21-13-28-33(3)15-21;1-32-15-20(12-28-32)17-6-4-7-18(10-17)24-27-14-22(21-13-29-33(2)16-21)25(30-24)26-11-19-8-5-9-23(19)31-36(3,34)35;1-16(33)7-17-8-22(9-17)29-25-23(21-12-28-32(3)15-21)13-26-24(30-25)19-6-4-5-18(10-19)20-11-27-31(2)14-20/h4-6,12-15,18,22H,7-11H2,1-3H3,(H,27,29,30);4,6-7,10,12-16,19,23,31H,5,8-9,11H2,1-3H3,(H,26,27,30);4-6,10-15,17,22H,7-9H2,1-3H3,(H,26,29,30). The molecule has 104 heavy (non-hydrogen) atoms. The predicted octanol–water partition coefficient (Wildman–Crippen LogP) is 12.5. The van der Waals surface area contributed by atoms with Crippen molar-refractivity contribution in [1.82, 2.24) is 93.7 Å². The van der Waals surface area contributed by atoms with Crippen LogP contribution >= 0.6 is 11.3 Å². The lowest BCUT2D eigenvalue weighted by molar-refractivity contribution is -0.119. The van der Waals surface area contributed by atoms with Crippen molar-refractivity contribution in [1.29, 1.82) is 0 Å². The van der Waals surface area contributed by atoms with E-state index in [0.717, 1.165) is 157 Å². The summed E-state index contributed by atoms with van der Waals surface area (Å²) in [4.78, 5) is 51.8. The van der Waals surface area contributed by atoms with Crippen molar-refractivity contribution < 1.29 is 18.0 Å². The molecule has 12 aromatic rings. The van der Waals surface area contributed by atoms with Gasteiger partial charge < -0.3 is 25.5 Å². The van der Waals surface area contributed by atoms with Gasteiger partial charge in [-0.1, -0.05) is 72.4 Å². The smallest absolute Gasteiger partial charge is 0.208 e. The molecular weight excluding hydrogens is 1350 g/mol. The first-order chi connectivity index (χ1) is 50.1. The van der Waals surface area contributed by atoms with Crippen molar-refractivity contribution in [3.8, 4) is 100 Å². The Balaban J connectivity index is 0.000000139. The van der Waals surface area contributed by atoms with Crippen LogP contribution in [0.25, 0.3) is 100 Å². The lowest BCUT2D eigenvalue weighted by Crippen LogP contribution is -2.39. The minimum absolute atomic E-state index is 0.0770. The molecule has 9 heterocycles. The molecule has 0 amide bonds. The number of aromatic nitrogens is 18. The summed E-state index contributed by atoms with van der Waals surface area (Å²) in [5, 5.41) is 42.5. The second-order valence-corrected chi connectivity index (χ2v) is 30.6. The van der Waals surface area contributed by atoms with Crippen molar-refractivity contribution in [3.05, 3.63) is 158 Å². The van der Waals surface area contributed by atoms with Crippen molar-refractivity contribution in [2.45, 2.75) is 110 Å². The van der Waals surface area contributed by atoms with E-state index in [9.17, 15) is 18.0 Å². The van der Waals surface area contributed by atoms with Crippen molar-refractivity contribution in [3.63, 3.8) is 0 Å². The molecular formula is C76H86N22O4S2. The van der Waals surface area contributed by atoms with Crippen LogP contribution in [0.4, 0.5) is 17.5 Å². The Labute approximate surface area is 608 Å². The number of nitrogens with zero attached hydrogens (tertiary/aromatic N) is 18. The van der Waals surface area contributed by atoms with Gasteiger partial charge in [0.05, 0.1) is 42.8 Å². The van der Waals surface area contributed by atoms with Crippen LogP contribution in [0.2, 0.25) is 0 Å².